The Bertz CT molecular complexity index is 764. The number of thiazole rings is 1. The third kappa shape index (κ3) is 2.25. The van der Waals surface area contributed by atoms with Crippen molar-refractivity contribution in [1.82, 2.24) is 15.3 Å². The van der Waals surface area contributed by atoms with Crippen molar-refractivity contribution >= 4 is 44.5 Å². The Morgan fingerprint density at radius 3 is 2.95 bits per heavy atom. The van der Waals surface area contributed by atoms with Crippen LogP contribution in [0.4, 0.5) is 5.69 Å². The lowest BCUT2D eigenvalue weighted by molar-refractivity contribution is 0.0956. The lowest BCUT2D eigenvalue weighted by Gasteiger charge is -2.02. The molecule has 3 N–H and O–H groups in total. The van der Waals surface area contributed by atoms with E-state index in [-0.39, 0.29) is 5.91 Å². The van der Waals surface area contributed by atoms with Crippen LogP contribution in [-0.2, 0) is 6.54 Å². The maximum atomic E-state index is 12.2. The number of pyridine rings is 1. The fourth-order valence-electron chi connectivity index (χ4n) is 1.95. The van der Waals surface area contributed by atoms with Crippen molar-refractivity contribution in [2.75, 3.05) is 5.73 Å². The summed E-state index contributed by atoms with van der Waals surface area (Å²) in [5.74, 6) is -0.180. The number of fused-ring (bicyclic) bond motifs is 1. The molecule has 5 nitrogen and oxygen atoms in total. The maximum absolute atomic E-state index is 12.2. The molecule has 0 aliphatic carbocycles. The molecular formula is C13H12N4OS2. The van der Waals surface area contributed by atoms with Crippen LogP contribution in [-0.4, -0.2) is 15.9 Å². The van der Waals surface area contributed by atoms with Gasteiger partial charge in [0.15, 0.2) is 0 Å². The van der Waals surface area contributed by atoms with Crippen molar-refractivity contribution in [3.63, 3.8) is 0 Å². The van der Waals surface area contributed by atoms with Crippen molar-refractivity contribution in [2.24, 2.45) is 0 Å². The van der Waals surface area contributed by atoms with Crippen molar-refractivity contribution < 1.29 is 4.79 Å². The summed E-state index contributed by atoms with van der Waals surface area (Å²) in [4.78, 5) is 21.9. The van der Waals surface area contributed by atoms with Gasteiger partial charge in [-0.15, -0.1) is 22.7 Å². The van der Waals surface area contributed by atoms with E-state index in [9.17, 15) is 4.79 Å². The molecule has 3 rings (SSSR count). The summed E-state index contributed by atoms with van der Waals surface area (Å²) in [7, 11) is 0. The highest BCUT2D eigenvalue weighted by molar-refractivity contribution is 7.21. The predicted octanol–water partition coefficient (Wildman–Crippen LogP) is 2.57. The molecule has 7 heteroatoms. The molecule has 0 radical (unpaired) electrons. The number of aryl methyl sites for hydroxylation is 1. The van der Waals surface area contributed by atoms with E-state index in [0.717, 1.165) is 20.8 Å². The molecule has 0 fully saturated rings. The van der Waals surface area contributed by atoms with Gasteiger partial charge in [0, 0.05) is 23.2 Å². The number of carbonyl (C=O) groups is 1. The highest BCUT2D eigenvalue weighted by Gasteiger charge is 2.18. The molecule has 3 aromatic rings. The zero-order valence-electron chi connectivity index (χ0n) is 10.7. The van der Waals surface area contributed by atoms with Gasteiger partial charge in [-0.2, -0.15) is 0 Å². The monoisotopic (exact) mass is 304 g/mol. The van der Waals surface area contributed by atoms with Gasteiger partial charge in [0.05, 0.1) is 12.2 Å². The van der Waals surface area contributed by atoms with Crippen LogP contribution in [0, 0.1) is 6.92 Å². The molecule has 0 bridgehead atoms. The Kier molecular flexibility index (Phi) is 3.37. The van der Waals surface area contributed by atoms with Crippen LogP contribution in [0.2, 0.25) is 0 Å². The van der Waals surface area contributed by atoms with Crippen LogP contribution in [0.3, 0.4) is 0 Å². The van der Waals surface area contributed by atoms with E-state index in [1.54, 1.807) is 12.4 Å². The normalized spacial score (nSPS) is 10.8. The Balaban J connectivity index is 1.88. The summed E-state index contributed by atoms with van der Waals surface area (Å²) in [6.07, 6.45) is 3.44. The zero-order valence-corrected chi connectivity index (χ0v) is 12.3. The Labute approximate surface area is 123 Å². The van der Waals surface area contributed by atoms with Crippen molar-refractivity contribution in [3.05, 3.63) is 39.3 Å². The molecule has 0 aliphatic heterocycles. The van der Waals surface area contributed by atoms with E-state index >= 15 is 0 Å². The minimum atomic E-state index is -0.180. The quantitative estimate of drug-likeness (QED) is 0.779. The topological polar surface area (TPSA) is 80.9 Å². The van der Waals surface area contributed by atoms with E-state index in [4.69, 9.17) is 5.73 Å². The molecule has 0 aromatic carbocycles. The molecule has 3 heterocycles. The molecule has 1 amide bonds. The highest BCUT2D eigenvalue weighted by atomic mass is 32.1. The summed E-state index contributed by atoms with van der Waals surface area (Å²) in [6.45, 7) is 2.38. The first-order valence-corrected chi connectivity index (χ1v) is 7.66. The second kappa shape index (κ2) is 5.18. The molecule has 0 saturated carbocycles. The van der Waals surface area contributed by atoms with Gasteiger partial charge in [-0.3, -0.25) is 4.79 Å². The van der Waals surface area contributed by atoms with Crippen molar-refractivity contribution in [3.8, 4) is 0 Å². The second-order valence-electron chi connectivity index (χ2n) is 4.26. The average Bonchev–Trinajstić information content (AvgIpc) is 3.05. The molecule has 20 heavy (non-hydrogen) atoms. The van der Waals surface area contributed by atoms with Crippen LogP contribution in [0.1, 0.15) is 20.2 Å². The van der Waals surface area contributed by atoms with Gasteiger partial charge in [-0.05, 0) is 18.6 Å². The molecule has 0 spiro atoms. The van der Waals surface area contributed by atoms with Crippen molar-refractivity contribution in [2.45, 2.75) is 13.5 Å². The molecule has 0 aliphatic rings. The van der Waals surface area contributed by atoms with E-state index in [2.05, 4.69) is 15.3 Å². The van der Waals surface area contributed by atoms with Crippen LogP contribution < -0.4 is 11.1 Å². The summed E-state index contributed by atoms with van der Waals surface area (Å²) in [6, 6.07) is 1.89. The standard InChI is InChI=1S/C13H12N4OS2/c1-7-2-3-16-13-9(7)10(14)11(20-13)12(18)17-6-8-15-4-5-19-8/h2-5H,6,14H2,1H3,(H,17,18). The summed E-state index contributed by atoms with van der Waals surface area (Å²) in [5.41, 5.74) is 7.62. The first-order chi connectivity index (χ1) is 9.66. The fourth-order valence-corrected chi connectivity index (χ4v) is 3.56. The van der Waals surface area contributed by atoms with E-state index in [1.807, 2.05) is 18.4 Å². The number of anilines is 1. The number of amides is 1. The number of hydrogen-bond acceptors (Lipinski definition) is 6. The lowest BCUT2D eigenvalue weighted by Crippen LogP contribution is -2.22. The van der Waals surface area contributed by atoms with Crippen LogP contribution in [0.5, 0.6) is 0 Å². The average molecular weight is 304 g/mol. The fraction of sp³-hybridized carbons (Fsp3) is 0.154. The van der Waals surface area contributed by atoms with E-state index in [0.29, 0.717) is 17.1 Å². The second-order valence-corrected chi connectivity index (χ2v) is 6.24. The molecular weight excluding hydrogens is 292 g/mol. The number of aromatic nitrogens is 2. The number of nitrogens with two attached hydrogens (primary N) is 1. The SMILES string of the molecule is Cc1ccnc2sc(C(=O)NCc3nccs3)c(N)c12. The number of hydrogen-bond donors (Lipinski definition) is 2. The zero-order chi connectivity index (χ0) is 14.1. The van der Waals surface area contributed by atoms with Crippen LogP contribution >= 0.6 is 22.7 Å². The molecule has 0 unspecified atom stereocenters. The number of thiophene rings is 1. The molecule has 0 atom stereocenters. The Hall–Kier alpha value is -1.99. The maximum Gasteiger partial charge on any atom is 0.263 e. The van der Waals surface area contributed by atoms with Gasteiger partial charge in [-0.1, -0.05) is 0 Å². The third-order valence-electron chi connectivity index (χ3n) is 2.93. The van der Waals surface area contributed by atoms with Crippen molar-refractivity contribution in [1.29, 1.82) is 0 Å². The van der Waals surface area contributed by atoms with Gasteiger partial charge in [0.2, 0.25) is 0 Å². The highest BCUT2D eigenvalue weighted by Crippen LogP contribution is 2.34. The molecule has 102 valence electrons. The summed E-state index contributed by atoms with van der Waals surface area (Å²) < 4.78 is 0. The predicted molar refractivity (Wildman–Crippen MR) is 82.1 cm³/mol. The first-order valence-electron chi connectivity index (χ1n) is 5.97. The molecule has 3 aromatic heterocycles. The number of carbonyl (C=O) groups excluding carboxylic acids is 1. The van der Waals surface area contributed by atoms with Gasteiger partial charge >= 0.3 is 0 Å². The van der Waals surface area contributed by atoms with E-state index < -0.39 is 0 Å². The lowest BCUT2D eigenvalue weighted by atomic mass is 10.2. The van der Waals surface area contributed by atoms with Gasteiger partial charge in [0.1, 0.15) is 14.7 Å². The Morgan fingerprint density at radius 1 is 1.40 bits per heavy atom. The minimum absolute atomic E-state index is 0.180. The van der Waals surface area contributed by atoms with Gasteiger partial charge < -0.3 is 11.1 Å². The number of nitrogens with zero attached hydrogens (tertiary/aromatic N) is 2. The summed E-state index contributed by atoms with van der Waals surface area (Å²) in [5, 5.41) is 6.45. The van der Waals surface area contributed by atoms with E-state index in [1.165, 1.54) is 22.7 Å². The summed E-state index contributed by atoms with van der Waals surface area (Å²) >= 11 is 2.82. The van der Waals surface area contributed by atoms with Crippen LogP contribution in [0.25, 0.3) is 10.2 Å². The van der Waals surface area contributed by atoms with Gasteiger partial charge in [-0.25, -0.2) is 9.97 Å². The molecule has 0 saturated heterocycles. The van der Waals surface area contributed by atoms with Crippen LogP contribution in [0.15, 0.2) is 23.8 Å². The smallest absolute Gasteiger partial charge is 0.263 e. The number of rotatable bonds is 3. The first kappa shape index (κ1) is 13.0. The third-order valence-corrected chi connectivity index (χ3v) is 4.82. The largest absolute Gasteiger partial charge is 0.397 e. The Morgan fingerprint density at radius 2 is 2.25 bits per heavy atom. The number of nitrogen functional groups attached to an aromatic ring is 1. The minimum Gasteiger partial charge on any atom is -0.397 e. The van der Waals surface area contributed by atoms with Gasteiger partial charge in [0.25, 0.3) is 5.91 Å². The number of nitrogens with one attached hydrogen (secondary N) is 1.